The van der Waals surface area contributed by atoms with E-state index in [4.69, 9.17) is 4.42 Å². The molecule has 0 fully saturated rings. The lowest BCUT2D eigenvalue weighted by atomic mass is 10.1. The number of pyridine rings is 1. The zero-order chi connectivity index (χ0) is 19.5. The van der Waals surface area contributed by atoms with Gasteiger partial charge >= 0.3 is 6.03 Å². The van der Waals surface area contributed by atoms with Crippen LogP contribution in [0, 0.1) is 6.92 Å². The number of nitrogens with one attached hydrogen (secondary N) is 2. The van der Waals surface area contributed by atoms with Crippen LogP contribution in [0.15, 0.2) is 77.3 Å². The number of hydrogen-bond donors (Lipinski definition) is 2. The number of furan rings is 1. The fourth-order valence-electron chi connectivity index (χ4n) is 3.12. The van der Waals surface area contributed by atoms with Crippen molar-refractivity contribution >= 4 is 22.7 Å². The predicted octanol–water partition coefficient (Wildman–Crippen LogP) is 5.69. The van der Waals surface area contributed by atoms with Crippen LogP contribution in [0.5, 0.6) is 0 Å². The number of aromatic nitrogens is 1. The molecular formula is C23H21N3O2. The van der Waals surface area contributed by atoms with Gasteiger partial charge in [-0.05, 0) is 61.4 Å². The molecule has 0 bridgehead atoms. The molecule has 1 atom stereocenters. The van der Waals surface area contributed by atoms with Gasteiger partial charge in [-0.2, -0.15) is 0 Å². The third-order valence-corrected chi connectivity index (χ3v) is 4.59. The smallest absolute Gasteiger partial charge is 0.319 e. The van der Waals surface area contributed by atoms with Gasteiger partial charge in [0.15, 0.2) is 0 Å². The minimum Gasteiger partial charge on any atom is -0.459 e. The van der Waals surface area contributed by atoms with Crippen LogP contribution < -0.4 is 10.6 Å². The Hall–Kier alpha value is -3.60. The van der Waals surface area contributed by atoms with Crippen LogP contribution in [0.4, 0.5) is 10.5 Å². The number of nitrogens with zero attached hydrogens (tertiary/aromatic N) is 1. The van der Waals surface area contributed by atoms with Crippen molar-refractivity contribution in [1.82, 2.24) is 10.3 Å². The number of para-hydroxylation sites is 1. The SMILES string of the molecule is Cc1cc(-c2ccc(NC(=O)NC(C)c3cc4ccccc4o3)cc2)ccn1. The van der Waals surface area contributed by atoms with Gasteiger partial charge in [-0.1, -0.05) is 30.3 Å². The van der Waals surface area contributed by atoms with Crippen LogP contribution in [-0.4, -0.2) is 11.0 Å². The third-order valence-electron chi connectivity index (χ3n) is 4.59. The number of carbonyl (C=O) groups excluding carboxylic acids is 1. The highest BCUT2D eigenvalue weighted by Gasteiger charge is 2.14. The molecule has 0 saturated heterocycles. The van der Waals surface area contributed by atoms with E-state index < -0.39 is 0 Å². The maximum atomic E-state index is 12.3. The normalized spacial score (nSPS) is 11.9. The molecule has 2 N–H and O–H groups in total. The molecule has 0 saturated carbocycles. The largest absolute Gasteiger partial charge is 0.459 e. The summed E-state index contributed by atoms with van der Waals surface area (Å²) in [5.74, 6) is 0.722. The molecule has 4 rings (SSSR count). The molecule has 2 aromatic carbocycles. The Morgan fingerprint density at radius 3 is 2.54 bits per heavy atom. The molecule has 2 heterocycles. The van der Waals surface area contributed by atoms with E-state index >= 15 is 0 Å². The van der Waals surface area contributed by atoms with E-state index in [0.29, 0.717) is 0 Å². The molecule has 0 radical (unpaired) electrons. The maximum absolute atomic E-state index is 12.3. The lowest BCUT2D eigenvalue weighted by Gasteiger charge is -2.13. The third kappa shape index (κ3) is 3.88. The van der Waals surface area contributed by atoms with Crippen LogP contribution in [-0.2, 0) is 0 Å². The summed E-state index contributed by atoms with van der Waals surface area (Å²) in [6.07, 6.45) is 1.80. The van der Waals surface area contributed by atoms with Gasteiger partial charge in [-0.15, -0.1) is 0 Å². The summed E-state index contributed by atoms with van der Waals surface area (Å²) in [6, 6.07) is 21.0. The molecule has 0 aliphatic carbocycles. The number of benzene rings is 2. The van der Waals surface area contributed by atoms with Gasteiger partial charge in [0, 0.05) is 23.0 Å². The van der Waals surface area contributed by atoms with Crippen molar-refractivity contribution in [1.29, 1.82) is 0 Å². The molecular weight excluding hydrogens is 350 g/mol. The first kappa shape index (κ1) is 17.8. The van der Waals surface area contributed by atoms with E-state index in [9.17, 15) is 4.79 Å². The number of hydrogen-bond acceptors (Lipinski definition) is 3. The standard InChI is InChI=1S/C23H21N3O2/c1-15-13-18(11-12-24-15)17-7-9-20(10-8-17)26-23(27)25-16(2)22-14-19-5-3-4-6-21(19)28-22/h3-14,16H,1-2H3,(H2,25,26,27). The number of carbonyl (C=O) groups is 1. The van der Waals surface area contributed by atoms with E-state index in [-0.39, 0.29) is 12.1 Å². The van der Waals surface area contributed by atoms with Crippen LogP contribution in [0.25, 0.3) is 22.1 Å². The minimum absolute atomic E-state index is 0.244. The second-order valence-corrected chi connectivity index (χ2v) is 6.77. The van der Waals surface area contributed by atoms with Crippen molar-refractivity contribution < 1.29 is 9.21 Å². The summed E-state index contributed by atoms with van der Waals surface area (Å²) in [6.45, 7) is 3.86. The van der Waals surface area contributed by atoms with Gasteiger partial charge in [0.2, 0.25) is 0 Å². The molecule has 0 aliphatic heterocycles. The summed E-state index contributed by atoms with van der Waals surface area (Å²) in [7, 11) is 0. The fourth-order valence-corrected chi connectivity index (χ4v) is 3.12. The van der Waals surface area contributed by atoms with Crippen LogP contribution in [0.3, 0.4) is 0 Å². The summed E-state index contributed by atoms with van der Waals surface area (Å²) >= 11 is 0. The zero-order valence-corrected chi connectivity index (χ0v) is 15.8. The average Bonchev–Trinajstić information content (AvgIpc) is 3.13. The first-order valence-electron chi connectivity index (χ1n) is 9.17. The minimum atomic E-state index is -0.277. The van der Waals surface area contributed by atoms with Crippen molar-refractivity contribution in [3.05, 3.63) is 84.4 Å². The summed E-state index contributed by atoms with van der Waals surface area (Å²) in [5, 5.41) is 6.79. The molecule has 1 unspecified atom stereocenters. The van der Waals surface area contributed by atoms with Gasteiger partial charge in [-0.25, -0.2) is 4.79 Å². The molecule has 28 heavy (non-hydrogen) atoms. The van der Waals surface area contributed by atoms with Gasteiger partial charge in [0.1, 0.15) is 11.3 Å². The van der Waals surface area contributed by atoms with Crippen molar-refractivity contribution in [2.24, 2.45) is 0 Å². The Bertz CT molecular complexity index is 1080. The number of amides is 2. The first-order valence-corrected chi connectivity index (χ1v) is 9.17. The maximum Gasteiger partial charge on any atom is 0.319 e. The number of fused-ring (bicyclic) bond motifs is 1. The Morgan fingerprint density at radius 2 is 1.79 bits per heavy atom. The van der Waals surface area contributed by atoms with Crippen molar-refractivity contribution in [2.45, 2.75) is 19.9 Å². The molecule has 5 nitrogen and oxygen atoms in total. The number of rotatable bonds is 4. The van der Waals surface area contributed by atoms with Gasteiger partial charge < -0.3 is 15.1 Å². The van der Waals surface area contributed by atoms with Crippen LogP contribution in [0.1, 0.15) is 24.4 Å². The Balaban J connectivity index is 1.40. The summed E-state index contributed by atoms with van der Waals surface area (Å²) in [5.41, 5.74) is 4.69. The Labute approximate surface area is 163 Å². The second kappa shape index (κ2) is 7.56. The summed E-state index contributed by atoms with van der Waals surface area (Å²) < 4.78 is 5.81. The molecule has 2 amide bonds. The van der Waals surface area contributed by atoms with Crippen molar-refractivity contribution in [3.8, 4) is 11.1 Å². The summed E-state index contributed by atoms with van der Waals surface area (Å²) in [4.78, 5) is 16.6. The molecule has 4 aromatic rings. The first-order chi connectivity index (χ1) is 13.6. The Kier molecular flexibility index (Phi) is 4.81. The highest BCUT2D eigenvalue weighted by molar-refractivity contribution is 5.90. The van der Waals surface area contributed by atoms with E-state index in [1.807, 2.05) is 80.6 Å². The number of urea groups is 1. The molecule has 2 aromatic heterocycles. The molecule has 140 valence electrons. The second-order valence-electron chi connectivity index (χ2n) is 6.77. The highest BCUT2D eigenvalue weighted by atomic mass is 16.3. The molecule has 0 spiro atoms. The average molecular weight is 371 g/mol. The van der Waals surface area contributed by atoms with Gasteiger partial charge in [0.05, 0.1) is 6.04 Å². The lowest BCUT2D eigenvalue weighted by Crippen LogP contribution is -2.30. The quantitative estimate of drug-likeness (QED) is 0.484. The van der Waals surface area contributed by atoms with E-state index in [1.54, 1.807) is 6.20 Å². The predicted molar refractivity (Wildman–Crippen MR) is 111 cm³/mol. The zero-order valence-electron chi connectivity index (χ0n) is 15.8. The Morgan fingerprint density at radius 1 is 1.00 bits per heavy atom. The van der Waals surface area contributed by atoms with Crippen molar-refractivity contribution in [2.75, 3.05) is 5.32 Å². The monoisotopic (exact) mass is 371 g/mol. The number of aryl methyl sites for hydroxylation is 1. The van der Waals surface area contributed by atoms with Gasteiger partial charge in [0.25, 0.3) is 0 Å². The van der Waals surface area contributed by atoms with Gasteiger partial charge in [-0.3, -0.25) is 4.98 Å². The topological polar surface area (TPSA) is 67.2 Å². The molecule has 0 aliphatic rings. The van der Waals surface area contributed by atoms with E-state index in [0.717, 1.165) is 39.2 Å². The van der Waals surface area contributed by atoms with Crippen molar-refractivity contribution in [3.63, 3.8) is 0 Å². The van der Waals surface area contributed by atoms with E-state index in [1.165, 1.54) is 0 Å². The van der Waals surface area contributed by atoms with E-state index in [2.05, 4.69) is 15.6 Å². The van der Waals surface area contributed by atoms with Crippen LogP contribution >= 0.6 is 0 Å². The molecule has 5 heteroatoms. The highest BCUT2D eigenvalue weighted by Crippen LogP contribution is 2.24. The number of anilines is 1. The lowest BCUT2D eigenvalue weighted by molar-refractivity contribution is 0.248. The fraction of sp³-hybridized carbons (Fsp3) is 0.130. The van der Waals surface area contributed by atoms with Crippen LogP contribution in [0.2, 0.25) is 0 Å².